The van der Waals surface area contributed by atoms with E-state index >= 15 is 0 Å². The standard InChI is InChI=1S/C18H18ClN5S/c1-11-8-13(23-24(11)2)5-6-16-22-17(19)15(25-16)9-12-10-21-18-14(12)4-3-7-20-18/h3-4,7-8,10H,5-6,9H2,1-2H3,(H,20,21). The lowest BCUT2D eigenvalue weighted by molar-refractivity contribution is 0.716. The molecule has 0 atom stereocenters. The fraction of sp³-hybridized carbons (Fsp3) is 0.278. The Hall–Kier alpha value is -2.18. The van der Waals surface area contributed by atoms with Gasteiger partial charge in [0.2, 0.25) is 0 Å². The van der Waals surface area contributed by atoms with Crippen molar-refractivity contribution in [2.24, 2.45) is 7.05 Å². The number of nitrogens with zero attached hydrogens (tertiary/aromatic N) is 4. The van der Waals surface area contributed by atoms with Crippen LogP contribution in [0.4, 0.5) is 0 Å². The van der Waals surface area contributed by atoms with Gasteiger partial charge in [-0.1, -0.05) is 11.6 Å². The molecule has 1 N–H and O–H groups in total. The summed E-state index contributed by atoms with van der Waals surface area (Å²) in [6.45, 7) is 2.06. The van der Waals surface area contributed by atoms with Crippen molar-refractivity contribution in [1.29, 1.82) is 0 Å². The lowest BCUT2D eigenvalue weighted by Crippen LogP contribution is -1.95. The zero-order valence-electron chi connectivity index (χ0n) is 14.1. The van der Waals surface area contributed by atoms with Crippen molar-refractivity contribution in [1.82, 2.24) is 24.7 Å². The van der Waals surface area contributed by atoms with Crippen LogP contribution in [0, 0.1) is 6.92 Å². The van der Waals surface area contributed by atoms with Crippen LogP contribution in [0.5, 0.6) is 0 Å². The van der Waals surface area contributed by atoms with Crippen LogP contribution in [0.3, 0.4) is 0 Å². The highest BCUT2D eigenvalue weighted by molar-refractivity contribution is 7.12. The van der Waals surface area contributed by atoms with Crippen molar-refractivity contribution in [2.45, 2.75) is 26.2 Å². The number of aromatic nitrogens is 5. The van der Waals surface area contributed by atoms with Gasteiger partial charge >= 0.3 is 0 Å². The Morgan fingerprint density at radius 1 is 1.32 bits per heavy atom. The molecule has 4 heterocycles. The molecular weight excluding hydrogens is 354 g/mol. The van der Waals surface area contributed by atoms with E-state index in [0.29, 0.717) is 5.15 Å². The maximum Gasteiger partial charge on any atom is 0.143 e. The van der Waals surface area contributed by atoms with E-state index < -0.39 is 0 Å². The maximum atomic E-state index is 6.38. The zero-order chi connectivity index (χ0) is 17.4. The largest absolute Gasteiger partial charge is 0.346 e. The van der Waals surface area contributed by atoms with E-state index in [-0.39, 0.29) is 0 Å². The Balaban J connectivity index is 1.50. The van der Waals surface area contributed by atoms with Crippen LogP contribution < -0.4 is 0 Å². The topological polar surface area (TPSA) is 59.4 Å². The van der Waals surface area contributed by atoms with Crippen LogP contribution in [0.1, 0.15) is 26.8 Å². The van der Waals surface area contributed by atoms with Crippen molar-refractivity contribution in [3.05, 3.63) is 62.6 Å². The normalized spacial score (nSPS) is 11.5. The lowest BCUT2D eigenvalue weighted by Gasteiger charge is -1.96. The van der Waals surface area contributed by atoms with Gasteiger partial charge < -0.3 is 4.98 Å². The van der Waals surface area contributed by atoms with Crippen LogP contribution >= 0.6 is 22.9 Å². The van der Waals surface area contributed by atoms with Crippen LogP contribution in [-0.2, 0) is 26.3 Å². The van der Waals surface area contributed by atoms with E-state index in [4.69, 9.17) is 11.6 Å². The number of thiazole rings is 1. The first-order valence-corrected chi connectivity index (χ1v) is 9.34. The van der Waals surface area contributed by atoms with Crippen LogP contribution in [0.2, 0.25) is 5.15 Å². The summed E-state index contributed by atoms with van der Waals surface area (Å²) < 4.78 is 1.90. The number of rotatable bonds is 5. The highest BCUT2D eigenvalue weighted by Gasteiger charge is 2.13. The Kier molecular flexibility index (Phi) is 4.31. The molecule has 25 heavy (non-hydrogen) atoms. The molecule has 128 valence electrons. The summed E-state index contributed by atoms with van der Waals surface area (Å²) >= 11 is 8.06. The minimum atomic E-state index is 0.607. The molecule has 7 heteroatoms. The summed E-state index contributed by atoms with van der Waals surface area (Å²) in [5.74, 6) is 0. The molecule has 4 aromatic heterocycles. The number of pyridine rings is 1. The summed E-state index contributed by atoms with van der Waals surface area (Å²) in [6, 6.07) is 6.15. The quantitative estimate of drug-likeness (QED) is 0.574. The summed E-state index contributed by atoms with van der Waals surface area (Å²) in [6.07, 6.45) is 6.30. The number of aromatic amines is 1. The van der Waals surface area contributed by atoms with Gasteiger partial charge in [0.05, 0.1) is 10.7 Å². The average Bonchev–Trinajstić information content (AvgIpc) is 3.26. The van der Waals surface area contributed by atoms with E-state index in [1.54, 1.807) is 17.5 Å². The van der Waals surface area contributed by atoms with Gasteiger partial charge in [0.1, 0.15) is 10.8 Å². The molecule has 0 aliphatic carbocycles. The van der Waals surface area contributed by atoms with E-state index in [1.165, 1.54) is 11.3 Å². The molecule has 0 radical (unpaired) electrons. The third kappa shape index (κ3) is 3.32. The first kappa shape index (κ1) is 16.3. The Bertz CT molecular complexity index is 1010. The second-order valence-corrected chi connectivity index (χ2v) is 7.64. The molecule has 5 nitrogen and oxygen atoms in total. The zero-order valence-corrected chi connectivity index (χ0v) is 15.7. The second kappa shape index (κ2) is 6.61. The molecule has 0 spiro atoms. The van der Waals surface area contributed by atoms with Crippen molar-refractivity contribution < 1.29 is 0 Å². The monoisotopic (exact) mass is 371 g/mol. The molecule has 0 fully saturated rings. The Labute approximate surface area is 154 Å². The number of halogens is 1. The van der Waals surface area contributed by atoms with Gasteiger partial charge in [0.15, 0.2) is 0 Å². The number of aryl methyl sites for hydroxylation is 4. The predicted octanol–water partition coefficient (Wildman–Crippen LogP) is 4.09. The summed E-state index contributed by atoms with van der Waals surface area (Å²) in [5, 5.41) is 7.30. The second-order valence-electron chi connectivity index (χ2n) is 6.11. The summed E-state index contributed by atoms with van der Waals surface area (Å²) in [5.41, 5.74) is 4.36. The Morgan fingerprint density at radius 2 is 2.20 bits per heavy atom. The van der Waals surface area contributed by atoms with Gasteiger partial charge in [-0.2, -0.15) is 5.10 Å². The van der Waals surface area contributed by atoms with Gasteiger partial charge in [-0.15, -0.1) is 11.3 Å². The number of hydrogen-bond acceptors (Lipinski definition) is 4. The molecule has 0 saturated carbocycles. The lowest BCUT2D eigenvalue weighted by atomic mass is 10.1. The minimum absolute atomic E-state index is 0.607. The molecule has 0 saturated heterocycles. The van der Waals surface area contributed by atoms with Crippen molar-refractivity contribution >= 4 is 34.0 Å². The number of H-pyrrole nitrogens is 1. The van der Waals surface area contributed by atoms with E-state index in [1.807, 2.05) is 24.0 Å². The van der Waals surface area contributed by atoms with Crippen molar-refractivity contribution in [3.8, 4) is 0 Å². The van der Waals surface area contributed by atoms with Crippen LogP contribution in [0.25, 0.3) is 11.0 Å². The average molecular weight is 372 g/mol. The van der Waals surface area contributed by atoms with Gasteiger partial charge in [0, 0.05) is 48.2 Å². The summed E-state index contributed by atoms with van der Waals surface area (Å²) in [7, 11) is 1.97. The molecule has 0 aliphatic rings. The molecule has 0 bridgehead atoms. The van der Waals surface area contributed by atoms with Gasteiger partial charge in [-0.3, -0.25) is 4.68 Å². The minimum Gasteiger partial charge on any atom is -0.346 e. The smallest absolute Gasteiger partial charge is 0.143 e. The van der Waals surface area contributed by atoms with Crippen LogP contribution in [-0.4, -0.2) is 24.7 Å². The molecule has 4 rings (SSSR count). The predicted molar refractivity (Wildman–Crippen MR) is 101 cm³/mol. The number of hydrogen-bond donors (Lipinski definition) is 1. The number of nitrogens with one attached hydrogen (secondary N) is 1. The maximum absolute atomic E-state index is 6.38. The molecule has 0 amide bonds. The number of fused-ring (bicyclic) bond motifs is 1. The van der Waals surface area contributed by atoms with Crippen LogP contribution in [0.15, 0.2) is 30.6 Å². The third-order valence-corrected chi connectivity index (χ3v) is 5.88. The molecule has 4 aromatic rings. The van der Waals surface area contributed by atoms with Crippen molar-refractivity contribution in [2.75, 3.05) is 0 Å². The molecular formula is C18H18ClN5S. The fourth-order valence-electron chi connectivity index (χ4n) is 2.92. The summed E-state index contributed by atoms with van der Waals surface area (Å²) in [4.78, 5) is 13.2. The highest BCUT2D eigenvalue weighted by atomic mass is 35.5. The molecule has 0 unspecified atom stereocenters. The van der Waals surface area contributed by atoms with E-state index in [0.717, 1.165) is 45.9 Å². The van der Waals surface area contributed by atoms with E-state index in [2.05, 4.69) is 39.1 Å². The van der Waals surface area contributed by atoms with Gasteiger partial charge in [0.25, 0.3) is 0 Å². The van der Waals surface area contributed by atoms with Gasteiger partial charge in [-0.25, -0.2) is 9.97 Å². The fourth-order valence-corrected chi connectivity index (χ4v) is 4.24. The SMILES string of the molecule is Cc1cc(CCc2nc(Cl)c(Cc3c[nH]c4ncccc34)s2)nn1C. The first-order chi connectivity index (χ1) is 12.1. The first-order valence-electron chi connectivity index (χ1n) is 8.14. The molecule has 0 aromatic carbocycles. The third-order valence-electron chi connectivity index (χ3n) is 4.34. The van der Waals surface area contributed by atoms with Gasteiger partial charge in [-0.05, 0) is 37.1 Å². The highest BCUT2D eigenvalue weighted by Crippen LogP contribution is 2.29. The Morgan fingerprint density at radius 3 is 3.00 bits per heavy atom. The van der Waals surface area contributed by atoms with Crippen molar-refractivity contribution in [3.63, 3.8) is 0 Å². The molecule has 0 aliphatic heterocycles. The van der Waals surface area contributed by atoms with E-state index in [9.17, 15) is 0 Å².